The van der Waals surface area contributed by atoms with Crippen molar-refractivity contribution in [1.29, 1.82) is 0 Å². The van der Waals surface area contributed by atoms with E-state index in [2.05, 4.69) is 15.6 Å². The Hall–Kier alpha value is -2.40. The van der Waals surface area contributed by atoms with Gasteiger partial charge in [0.15, 0.2) is 0 Å². The topological polar surface area (TPSA) is 71.1 Å². The van der Waals surface area contributed by atoms with Crippen LogP contribution in [0.1, 0.15) is 17.3 Å². The second-order valence-electron chi connectivity index (χ2n) is 3.96. The second kappa shape index (κ2) is 7.25. The van der Waals surface area contributed by atoms with Crippen molar-refractivity contribution in [2.24, 2.45) is 0 Å². The van der Waals surface area contributed by atoms with Crippen LogP contribution in [0.2, 0.25) is 0 Å². The number of benzene rings is 1. The lowest BCUT2D eigenvalue weighted by Gasteiger charge is -2.07. The van der Waals surface area contributed by atoms with Gasteiger partial charge in [-0.15, -0.1) is 12.4 Å². The summed E-state index contributed by atoms with van der Waals surface area (Å²) in [4.78, 5) is 26.8. The number of pyridine rings is 1. The van der Waals surface area contributed by atoms with Crippen molar-refractivity contribution in [1.82, 2.24) is 4.98 Å². The Balaban J connectivity index is 0.00000200. The molecular weight excluding hydrogens is 278 g/mol. The smallest absolute Gasteiger partial charge is 0.257 e. The zero-order valence-electron chi connectivity index (χ0n) is 10.8. The molecule has 0 saturated heterocycles. The van der Waals surface area contributed by atoms with Crippen LogP contribution in [0.4, 0.5) is 11.4 Å². The minimum Gasteiger partial charge on any atom is -0.326 e. The van der Waals surface area contributed by atoms with E-state index in [1.54, 1.807) is 42.6 Å². The fourth-order valence-corrected chi connectivity index (χ4v) is 1.58. The van der Waals surface area contributed by atoms with Gasteiger partial charge in [-0.2, -0.15) is 0 Å². The average Bonchev–Trinajstić information content (AvgIpc) is 2.39. The molecule has 0 aliphatic rings. The molecule has 0 bridgehead atoms. The van der Waals surface area contributed by atoms with Gasteiger partial charge in [0, 0.05) is 30.7 Å². The predicted molar refractivity (Wildman–Crippen MR) is 80.2 cm³/mol. The van der Waals surface area contributed by atoms with E-state index in [1.165, 1.54) is 13.1 Å². The summed E-state index contributed by atoms with van der Waals surface area (Å²) in [7, 11) is 0. The molecule has 0 radical (unpaired) electrons. The average molecular weight is 292 g/mol. The predicted octanol–water partition coefficient (Wildman–Crippen LogP) is 2.71. The van der Waals surface area contributed by atoms with Crippen molar-refractivity contribution >= 4 is 35.6 Å². The molecule has 0 aliphatic heterocycles. The lowest BCUT2D eigenvalue weighted by molar-refractivity contribution is -0.114. The molecular formula is C14H14ClN3O2. The van der Waals surface area contributed by atoms with Crippen LogP contribution in [0.15, 0.2) is 48.8 Å². The van der Waals surface area contributed by atoms with E-state index < -0.39 is 0 Å². The molecule has 0 atom stereocenters. The Labute approximate surface area is 122 Å². The first-order valence-electron chi connectivity index (χ1n) is 5.74. The molecule has 2 rings (SSSR count). The molecule has 2 N–H and O–H groups in total. The zero-order valence-corrected chi connectivity index (χ0v) is 11.6. The summed E-state index contributed by atoms with van der Waals surface area (Å²) in [5.74, 6) is -0.399. The van der Waals surface area contributed by atoms with E-state index in [0.29, 0.717) is 16.9 Å². The van der Waals surface area contributed by atoms with E-state index >= 15 is 0 Å². The van der Waals surface area contributed by atoms with Gasteiger partial charge in [0.2, 0.25) is 5.91 Å². The number of amides is 2. The van der Waals surface area contributed by atoms with Crippen LogP contribution in [0.25, 0.3) is 0 Å². The van der Waals surface area contributed by atoms with Gasteiger partial charge in [-0.05, 0) is 30.3 Å². The molecule has 0 spiro atoms. The third kappa shape index (κ3) is 4.37. The standard InChI is InChI=1S/C14H13N3O2.ClH/c1-10(18)16-12-5-2-6-13(8-12)17-14(19)11-4-3-7-15-9-11;/h2-9H,1H3,(H,16,18)(H,17,19);1H. The Morgan fingerprint density at radius 2 is 1.75 bits per heavy atom. The minimum atomic E-state index is -0.243. The van der Waals surface area contributed by atoms with Crippen LogP contribution in [0, 0.1) is 0 Å². The highest BCUT2D eigenvalue weighted by molar-refractivity contribution is 6.04. The lowest BCUT2D eigenvalue weighted by Crippen LogP contribution is -2.12. The lowest BCUT2D eigenvalue weighted by atomic mass is 10.2. The summed E-state index contributed by atoms with van der Waals surface area (Å²) in [6.07, 6.45) is 3.10. The van der Waals surface area contributed by atoms with Crippen LogP contribution in [-0.4, -0.2) is 16.8 Å². The molecule has 2 aromatic rings. The zero-order chi connectivity index (χ0) is 13.7. The fraction of sp³-hybridized carbons (Fsp3) is 0.0714. The Morgan fingerprint density at radius 3 is 2.35 bits per heavy atom. The monoisotopic (exact) mass is 291 g/mol. The normalized spacial score (nSPS) is 9.25. The first-order valence-corrected chi connectivity index (χ1v) is 5.74. The van der Waals surface area contributed by atoms with E-state index in [-0.39, 0.29) is 24.2 Å². The van der Waals surface area contributed by atoms with E-state index in [0.717, 1.165) is 0 Å². The van der Waals surface area contributed by atoms with Crippen molar-refractivity contribution in [3.05, 3.63) is 54.4 Å². The first kappa shape index (κ1) is 15.7. The molecule has 104 valence electrons. The molecule has 0 saturated carbocycles. The van der Waals surface area contributed by atoms with E-state index in [9.17, 15) is 9.59 Å². The van der Waals surface area contributed by atoms with Crippen molar-refractivity contribution < 1.29 is 9.59 Å². The number of carbonyl (C=O) groups excluding carboxylic acids is 2. The largest absolute Gasteiger partial charge is 0.326 e. The molecule has 6 heteroatoms. The SMILES string of the molecule is CC(=O)Nc1cccc(NC(=O)c2cccnc2)c1.Cl. The molecule has 0 aliphatic carbocycles. The first-order chi connectivity index (χ1) is 9.15. The number of hydrogen-bond acceptors (Lipinski definition) is 3. The second-order valence-corrected chi connectivity index (χ2v) is 3.96. The number of carbonyl (C=O) groups is 2. The number of nitrogens with zero attached hydrogens (tertiary/aromatic N) is 1. The van der Waals surface area contributed by atoms with E-state index in [1.807, 2.05) is 0 Å². The molecule has 1 aromatic carbocycles. The van der Waals surface area contributed by atoms with Crippen molar-refractivity contribution in [2.75, 3.05) is 10.6 Å². The molecule has 2 amide bonds. The summed E-state index contributed by atoms with van der Waals surface area (Å²) < 4.78 is 0. The van der Waals surface area contributed by atoms with Gasteiger partial charge in [-0.3, -0.25) is 14.6 Å². The van der Waals surface area contributed by atoms with Gasteiger partial charge in [-0.1, -0.05) is 6.07 Å². The number of halogens is 1. The third-order valence-electron chi connectivity index (χ3n) is 2.36. The minimum absolute atomic E-state index is 0. The van der Waals surface area contributed by atoms with Crippen molar-refractivity contribution in [3.8, 4) is 0 Å². The van der Waals surface area contributed by atoms with Crippen LogP contribution >= 0.6 is 12.4 Å². The van der Waals surface area contributed by atoms with Gasteiger partial charge in [0.25, 0.3) is 5.91 Å². The molecule has 0 unspecified atom stereocenters. The molecule has 1 heterocycles. The maximum absolute atomic E-state index is 11.9. The van der Waals surface area contributed by atoms with Gasteiger partial charge in [0.1, 0.15) is 0 Å². The van der Waals surface area contributed by atoms with Gasteiger partial charge in [-0.25, -0.2) is 0 Å². The van der Waals surface area contributed by atoms with Gasteiger partial charge >= 0.3 is 0 Å². The Bertz CT molecular complexity index is 602. The number of aromatic nitrogens is 1. The number of rotatable bonds is 3. The van der Waals surface area contributed by atoms with Crippen molar-refractivity contribution in [3.63, 3.8) is 0 Å². The molecule has 0 fully saturated rings. The number of anilines is 2. The maximum atomic E-state index is 11.9. The van der Waals surface area contributed by atoms with Gasteiger partial charge < -0.3 is 10.6 Å². The fourth-order valence-electron chi connectivity index (χ4n) is 1.58. The molecule has 20 heavy (non-hydrogen) atoms. The van der Waals surface area contributed by atoms with Crippen LogP contribution in [0.3, 0.4) is 0 Å². The summed E-state index contributed by atoms with van der Waals surface area (Å²) in [6, 6.07) is 10.3. The summed E-state index contributed by atoms with van der Waals surface area (Å²) >= 11 is 0. The highest BCUT2D eigenvalue weighted by Gasteiger charge is 2.06. The van der Waals surface area contributed by atoms with Gasteiger partial charge in [0.05, 0.1) is 5.56 Å². The summed E-state index contributed by atoms with van der Waals surface area (Å²) in [5, 5.41) is 5.40. The number of nitrogens with one attached hydrogen (secondary N) is 2. The maximum Gasteiger partial charge on any atom is 0.257 e. The van der Waals surface area contributed by atoms with Crippen LogP contribution in [-0.2, 0) is 4.79 Å². The number of hydrogen-bond donors (Lipinski definition) is 2. The Kier molecular flexibility index (Phi) is 5.68. The summed E-state index contributed by atoms with van der Waals surface area (Å²) in [6.45, 7) is 1.43. The van der Waals surface area contributed by atoms with E-state index in [4.69, 9.17) is 0 Å². The quantitative estimate of drug-likeness (QED) is 0.913. The third-order valence-corrected chi connectivity index (χ3v) is 2.36. The molecule has 1 aromatic heterocycles. The highest BCUT2D eigenvalue weighted by atomic mass is 35.5. The molecule has 5 nitrogen and oxygen atoms in total. The summed E-state index contributed by atoms with van der Waals surface area (Å²) in [5.41, 5.74) is 1.73. The van der Waals surface area contributed by atoms with Crippen molar-refractivity contribution in [2.45, 2.75) is 6.92 Å². The van der Waals surface area contributed by atoms with Crippen LogP contribution in [0.5, 0.6) is 0 Å². The highest BCUT2D eigenvalue weighted by Crippen LogP contribution is 2.15. The Morgan fingerprint density at radius 1 is 1.05 bits per heavy atom. The van der Waals surface area contributed by atoms with Crippen LogP contribution < -0.4 is 10.6 Å².